The van der Waals surface area contributed by atoms with Gasteiger partial charge in [-0.25, -0.2) is 8.78 Å². The van der Waals surface area contributed by atoms with Gasteiger partial charge < -0.3 is 10.1 Å². The van der Waals surface area contributed by atoms with E-state index in [0.29, 0.717) is 12.2 Å². The molecule has 0 fully saturated rings. The third-order valence-electron chi connectivity index (χ3n) is 2.89. The maximum absolute atomic E-state index is 13.3. The number of benzene rings is 1. The fourth-order valence-corrected chi connectivity index (χ4v) is 2.00. The van der Waals surface area contributed by atoms with E-state index in [1.165, 1.54) is 6.07 Å². The van der Waals surface area contributed by atoms with Crippen LogP contribution in [0.2, 0.25) is 0 Å². The van der Waals surface area contributed by atoms with Gasteiger partial charge in [0.05, 0.1) is 12.6 Å². The first-order valence-corrected chi connectivity index (χ1v) is 6.23. The van der Waals surface area contributed by atoms with Gasteiger partial charge in [-0.1, -0.05) is 13.0 Å². The van der Waals surface area contributed by atoms with Crippen LogP contribution in [-0.2, 0) is 4.74 Å². The number of hydrogen-bond acceptors (Lipinski definition) is 2. The first kappa shape index (κ1) is 13.0. The Labute approximate surface area is 106 Å². The molecule has 1 unspecified atom stereocenters. The number of rotatable bonds is 5. The average molecular weight is 253 g/mol. The van der Waals surface area contributed by atoms with Crippen LogP contribution in [0.5, 0.6) is 0 Å². The second-order valence-corrected chi connectivity index (χ2v) is 4.30. The van der Waals surface area contributed by atoms with Crippen molar-refractivity contribution in [2.45, 2.75) is 25.8 Å². The fraction of sp³-hybridized carbons (Fsp3) is 0.429. The van der Waals surface area contributed by atoms with E-state index in [4.69, 9.17) is 4.74 Å². The molecule has 1 N–H and O–H groups in total. The zero-order chi connectivity index (χ0) is 13.0. The van der Waals surface area contributed by atoms with E-state index >= 15 is 0 Å². The van der Waals surface area contributed by atoms with Crippen molar-refractivity contribution < 1.29 is 13.5 Å². The molecule has 0 amide bonds. The predicted molar refractivity (Wildman–Crippen MR) is 66.0 cm³/mol. The zero-order valence-corrected chi connectivity index (χ0v) is 10.4. The molecule has 2 nitrogen and oxygen atoms in total. The molecule has 1 heterocycles. The Morgan fingerprint density at radius 2 is 2.17 bits per heavy atom. The lowest BCUT2D eigenvalue weighted by Gasteiger charge is -2.20. The number of hydrogen-bond donors (Lipinski definition) is 1. The summed E-state index contributed by atoms with van der Waals surface area (Å²) in [4.78, 5) is 0. The maximum atomic E-state index is 13.3. The van der Waals surface area contributed by atoms with Gasteiger partial charge >= 0.3 is 0 Å². The van der Waals surface area contributed by atoms with Gasteiger partial charge in [0.15, 0.2) is 11.6 Å². The Balaban J connectivity index is 2.23. The highest BCUT2D eigenvalue weighted by Gasteiger charge is 2.21. The van der Waals surface area contributed by atoms with Crippen LogP contribution in [-0.4, -0.2) is 13.2 Å². The molecule has 18 heavy (non-hydrogen) atoms. The van der Waals surface area contributed by atoms with E-state index < -0.39 is 11.6 Å². The molecule has 1 atom stereocenters. The monoisotopic (exact) mass is 253 g/mol. The normalized spacial score (nSPS) is 16.3. The molecule has 0 saturated carbocycles. The minimum atomic E-state index is -0.825. The summed E-state index contributed by atoms with van der Waals surface area (Å²) in [5.74, 6) is -0.849. The second kappa shape index (κ2) is 5.96. The number of nitrogens with one attached hydrogen (secondary N) is 1. The topological polar surface area (TPSA) is 21.3 Å². The molecule has 2 rings (SSSR count). The molecule has 0 radical (unpaired) electrons. The molecule has 1 aromatic carbocycles. The molecule has 0 bridgehead atoms. The molecule has 1 aliphatic rings. The quantitative estimate of drug-likeness (QED) is 0.869. The first-order chi connectivity index (χ1) is 8.72. The minimum absolute atomic E-state index is 0.192. The Morgan fingerprint density at radius 1 is 1.33 bits per heavy atom. The van der Waals surface area contributed by atoms with E-state index in [9.17, 15) is 8.78 Å². The lowest BCUT2D eigenvalue weighted by molar-refractivity contribution is 0.215. The first-order valence-electron chi connectivity index (χ1n) is 6.23. The predicted octanol–water partition coefficient (Wildman–Crippen LogP) is 3.31. The zero-order valence-electron chi connectivity index (χ0n) is 10.4. The molecular weight excluding hydrogens is 236 g/mol. The van der Waals surface area contributed by atoms with Crippen LogP contribution >= 0.6 is 0 Å². The lowest BCUT2D eigenvalue weighted by atomic mass is 10.0. The highest BCUT2D eigenvalue weighted by Crippen LogP contribution is 2.27. The van der Waals surface area contributed by atoms with Crippen LogP contribution in [0.4, 0.5) is 8.78 Å². The molecule has 0 aliphatic carbocycles. The Morgan fingerprint density at radius 3 is 2.78 bits per heavy atom. The molecular formula is C14H17F2NO. The highest BCUT2D eigenvalue weighted by molar-refractivity contribution is 5.28. The van der Waals surface area contributed by atoms with Gasteiger partial charge in [-0.3, -0.25) is 0 Å². The second-order valence-electron chi connectivity index (χ2n) is 4.30. The van der Waals surface area contributed by atoms with Crippen LogP contribution in [0.3, 0.4) is 0 Å². The van der Waals surface area contributed by atoms with E-state index in [-0.39, 0.29) is 6.04 Å². The van der Waals surface area contributed by atoms with Crippen molar-refractivity contribution in [1.29, 1.82) is 0 Å². The van der Waals surface area contributed by atoms with Crippen LogP contribution in [0.25, 0.3) is 0 Å². The summed E-state index contributed by atoms with van der Waals surface area (Å²) in [5.41, 5.74) is 0.690. The van der Waals surface area contributed by atoms with E-state index in [2.05, 4.69) is 12.2 Å². The third kappa shape index (κ3) is 2.88. The van der Waals surface area contributed by atoms with Crippen molar-refractivity contribution in [3.05, 3.63) is 47.2 Å². The van der Waals surface area contributed by atoms with Crippen LogP contribution in [0.1, 0.15) is 31.4 Å². The molecule has 0 aromatic heterocycles. The maximum Gasteiger partial charge on any atom is 0.159 e. The fourth-order valence-electron chi connectivity index (χ4n) is 2.00. The van der Waals surface area contributed by atoms with Gasteiger partial charge in [-0.15, -0.1) is 0 Å². The smallest absolute Gasteiger partial charge is 0.159 e. The summed E-state index contributed by atoms with van der Waals surface area (Å²) in [6.45, 7) is 3.51. The van der Waals surface area contributed by atoms with E-state index in [1.807, 2.05) is 6.08 Å². The molecule has 1 aliphatic heterocycles. The van der Waals surface area contributed by atoms with Crippen LogP contribution in [0, 0.1) is 11.6 Å². The minimum Gasteiger partial charge on any atom is -0.496 e. The van der Waals surface area contributed by atoms with Crippen molar-refractivity contribution in [1.82, 2.24) is 5.32 Å². The lowest BCUT2D eigenvalue weighted by Crippen LogP contribution is -2.24. The summed E-state index contributed by atoms with van der Waals surface area (Å²) in [6.07, 6.45) is 3.82. The summed E-state index contributed by atoms with van der Waals surface area (Å²) in [5, 5.41) is 3.29. The Bertz CT molecular complexity index is 445. The molecule has 4 heteroatoms. The summed E-state index contributed by atoms with van der Waals surface area (Å²) in [7, 11) is 0. The van der Waals surface area contributed by atoms with Crippen LogP contribution in [0.15, 0.2) is 30.0 Å². The van der Waals surface area contributed by atoms with Gasteiger partial charge in [0.25, 0.3) is 0 Å². The molecule has 0 spiro atoms. The Hall–Kier alpha value is -1.42. The number of halogens is 2. The van der Waals surface area contributed by atoms with Crippen molar-refractivity contribution >= 4 is 0 Å². The number of ether oxygens (including phenoxy) is 1. The van der Waals surface area contributed by atoms with E-state index in [1.54, 1.807) is 6.07 Å². The van der Waals surface area contributed by atoms with Crippen molar-refractivity contribution in [2.24, 2.45) is 0 Å². The van der Waals surface area contributed by atoms with Gasteiger partial charge in [0.1, 0.15) is 5.76 Å². The molecule has 1 aromatic rings. The van der Waals surface area contributed by atoms with Gasteiger partial charge in [-0.05, 0) is 36.7 Å². The Kier molecular flexibility index (Phi) is 4.31. The van der Waals surface area contributed by atoms with Crippen molar-refractivity contribution in [3.8, 4) is 0 Å². The molecule has 98 valence electrons. The average Bonchev–Trinajstić information content (AvgIpc) is 2.88. The summed E-state index contributed by atoms with van der Waals surface area (Å²) >= 11 is 0. The van der Waals surface area contributed by atoms with Crippen molar-refractivity contribution in [3.63, 3.8) is 0 Å². The van der Waals surface area contributed by atoms with E-state index in [0.717, 1.165) is 31.2 Å². The summed E-state index contributed by atoms with van der Waals surface area (Å²) in [6, 6.07) is 3.78. The van der Waals surface area contributed by atoms with Gasteiger partial charge in [0, 0.05) is 6.42 Å². The summed E-state index contributed by atoms with van der Waals surface area (Å²) < 4.78 is 31.8. The standard InChI is InChI=1S/C14H17F2NO/c1-2-7-17-14(13-4-3-8-18-13)10-5-6-11(15)12(16)9-10/h4-6,9,14,17H,2-3,7-8H2,1H3. The third-order valence-corrected chi connectivity index (χ3v) is 2.89. The highest BCUT2D eigenvalue weighted by atomic mass is 19.2. The van der Waals surface area contributed by atoms with Crippen LogP contribution < -0.4 is 5.32 Å². The van der Waals surface area contributed by atoms with Crippen molar-refractivity contribution in [2.75, 3.05) is 13.2 Å². The van der Waals surface area contributed by atoms with Gasteiger partial charge in [0.2, 0.25) is 0 Å². The molecule has 0 saturated heterocycles. The SMILES string of the molecule is CCCNC(C1=CCCO1)c1ccc(F)c(F)c1. The largest absolute Gasteiger partial charge is 0.496 e. The van der Waals surface area contributed by atoms with Gasteiger partial charge in [-0.2, -0.15) is 0 Å².